The summed E-state index contributed by atoms with van der Waals surface area (Å²) >= 11 is 0. The molecule has 2 fully saturated rings. The first-order valence-electron chi connectivity index (χ1n) is 7.90. The molecule has 0 spiro atoms. The molecule has 2 saturated carbocycles. The highest BCUT2D eigenvalue weighted by Crippen LogP contribution is 2.43. The first-order valence-corrected chi connectivity index (χ1v) is 7.90. The van der Waals surface area contributed by atoms with E-state index in [1.165, 1.54) is 0 Å². The molecule has 2 aliphatic rings. The van der Waals surface area contributed by atoms with Crippen LogP contribution in [0.25, 0.3) is 0 Å². The van der Waals surface area contributed by atoms with Crippen LogP contribution in [-0.2, 0) is 9.59 Å². The van der Waals surface area contributed by atoms with Crippen LogP contribution in [0.4, 0.5) is 0 Å². The first-order chi connectivity index (χ1) is 9.40. The monoisotopic (exact) mass is 281 g/mol. The molecule has 4 heteroatoms. The zero-order valence-electron chi connectivity index (χ0n) is 12.8. The predicted octanol–water partition coefficient (Wildman–Crippen LogP) is 3.20. The van der Waals surface area contributed by atoms with Crippen molar-refractivity contribution in [3.05, 3.63) is 0 Å². The lowest BCUT2D eigenvalue weighted by Crippen LogP contribution is -2.55. The van der Waals surface area contributed by atoms with Gasteiger partial charge < -0.3 is 10.0 Å². The summed E-state index contributed by atoms with van der Waals surface area (Å²) in [6.07, 6.45) is 9.08. The van der Waals surface area contributed by atoms with Crippen molar-refractivity contribution in [1.82, 2.24) is 4.90 Å². The molecule has 20 heavy (non-hydrogen) atoms. The van der Waals surface area contributed by atoms with Gasteiger partial charge in [0.05, 0.1) is 12.0 Å². The Labute approximate surface area is 121 Å². The molecule has 0 aromatic rings. The maximum Gasteiger partial charge on any atom is 0.305 e. The molecule has 0 aromatic carbocycles. The molecular weight excluding hydrogens is 254 g/mol. The van der Waals surface area contributed by atoms with Crippen molar-refractivity contribution in [3.63, 3.8) is 0 Å². The van der Waals surface area contributed by atoms with Crippen LogP contribution in [0.5, 0.6) is 0 Å². The molecule has 0 aromatic heterocycles. The van der Waals surface area contributed by atoms with Crippen molar-refractivity contribution in [2.45, 2.75) is 76.7 Å². The maximum atomic E-state index is 12.9. The van der Waals surface area contributed by atoms with Gasteiger partial charge in [-0.15, -0.1) is 0 Å². The Morgan fingerprint density at radius 3 is 2.00 bits per heavy atom. The Balaban J connectivity index is 2.19. The van der Waals surface area contributed by atoms with Crippen molar-refractivity contribution in [2.75, 3.05) is 7.05 Å². The number of carboxylic acids is 1. The Morgan fingerprint density at radius 1 is 1.00 bits per heavy atom. The summed E-state index contributed by atoms with van der Waals surface area (Å²) in [7, 11) is 1.83. The van der Waals surface area contributed by atoms with Crippen molar-refractivity contribution in [3.8, 4) is 0 Å². The Bertz CT molecular complexity index is 379. The molecule has 4 nitrogen and oxygen atoms in total. The largest absolute Gasteiger partial charge is 0.481 e. The average molecular weight is 281 g/mol. The highest BCUT2D eigenvalue weighted by atomic mass is 16.4. The van der Waals surface area contributed by atoms with E-state index in [-0.39, 0.29) is 17.7 Å². The summed E-state index contributed by atoms with van der Waals surface area (Å²) in [5, 5.41) is 9.25. The van der Waals surface area contributed by atoms with E-state index in [0.29, 0.717) is 0 Å². The van der Waals surface area contributed by atoms with Gasteiger partial charge in [-0.1, -0.05) is 39.0 Å². The number of carboxylic acid groups (broad SMARTS) is 1. The number of nitrogens with zero attached hydrogens (tertiary/aromatic N) is 1. The van der Waals surface area contributed by atoms with Crippen molar-refractivity contribution >= 4 is 11.9 Å². The quantitative estimate of drug-likeness (QED) is 0.861. The number of hydrogen-bond donors (Lipinski definition) is 1. The third-order valence-electron chi connectivity index (χ3n) is 5.50. The Kier molecular flexibility index (Phi) is 4.40. The lowest BCUT2D eigenvalue weighted by Gasteiger charge is -2.46. The minimum absolute atomic E-state index is 0.0886. The van der Waals surface area contributed by atoms with E-state index in [1.807, 2.05) is 11.9 Å². The smallest absolute Gasteiger partial charge is 0.305 e. The summed E-state index contributed by atoms with van der Waals surface area (Å²) < 4.78 is 0. The van der Waals surface area contributed by atoms with Gasteiger partial charge in [-0.3, -0.25) is 9.59 Å². The van der Waals surface area contributed by atoms with Gasteiger partial charge in [-0.25, -0.2) is 0 Å². The lowest BCUT2D eigenvalue weighted by molar-refractivity contribution is -0.151. The van der Waals surface area contributed by atoms with Gasteiger partial charge >= 0.3 is 5.97 Å². The van der Waals surface area contributed by atoms with E-state index < -0.39 is 11.5 Å². The molecule has 0 heterocycles. The summed E-state index contributed by atoms with van der Waals surface area (Å²) in [6, 6.07) is 0. The maximum absolute atomic E-state index is 12.9. The molecule has 0 bridgehead atoms. The van der Waals surface area contributed by atoms with E-state index in [1.54, 1.807) is 0 Å². The van der Waals surface area contributed by atoms with E-state index in [0.717, 1.165) is 57.8 Å². The first kappa shape index (κ1) is 15.3. The molecule has 114 valence electrons. The minimum Gasteiger partial charge on any atom is -0.481 e. The van der Waals surface area contributed by atoms with E-state index in [9.17, 15) is 14.7 Å². The number of rotatable bonds is 4. The van der Waals surface area contributed by atoms with Gasteiger partial charge in [0.1, 0.15) is 0 Å². The molecule has 1 amide bonds. The van der Waals surface area contributed by atoms with Crippen LogP contribution in [0.3, 0.4) is 0 Å². The second-order valence-electron chi connectivity index (χ2n) is 6.99. The summed E-state index contributed by atoms with van der Waals surface area (Å²) in [6.45, 7) is 2.05. The van der Waals surface area contributed by atoms with Gasteiger partial charge in [0.25, 0.3) is 0 Å². The normalized spacial score (nSPS) is 24.3. The fraction of sp³-hybridized carbons (Fsp3) is 0.875. The topological polar surface area (TPSA) is 57.6 Å². The van der Waals surface area contributed by atoms with Crippen LogP contribution >= 0.6 is 0 Å². The van der Waals surface area contributed by atoms with Gasteiger partial charge in [0, 0.05) is 12.5 Å². The van der Waals surface area contributed by atoms with Gasteiger partial charge in [-0.05, 0) is 25.7 Å². The molecule has 0 saturated heterocycles. The number of carbonyl (C=O) groups is 2. The fourth-order valence-electron chi connectivity index (χ4n) is 4.11. The number of amides is 1. The highest BCUT2D eigenvalue weighted by Gasteiger charge is 2.46. The molecule has 0 atom stereocenters. The average Bonchev–Trinajstić information content (AvgIpc) is 2.85. The van der Waals surface area contributed by atoms with Crippen LogP contribution < -0.4 is 0 Å². The van der Waals surface area contributed by atoms with Gasteiger partial charge in [0.2, 0.25) is 5.91 Å². The van der Waals surface area contributed by atoms with Crippen LogP contribution in [0, 0.1) is 5.41 Å². The summed E-state index contributed by atoms with van der Waals surface area (Å²) in [4.78, 5) is 26.0. The number of aliphatic carboxylic acids is 1. The molecule has 1 N–H and O–H groups in total. The van der Waals surface area contributed by atoms with E-state index in [2.05, 4.69) is 6.92 Å². The molecule has 0 radical (unpaired) electrons. The van der Waals surface area contributed by atoms with Crippen molar-refractivity contribution in [1.29, 1.82) is 0 Å². The summed E-state index contributed by atoms with van der Waals surface area (Å²) in [5.41, 5.74) is -0.718. The molecule has 0 aliphatic heterocycles. The van der Waals surface area contributed by atoms with E-state index in [4.69, 9.17) is 0 Å². The predicted molar refractivity (Wildman–Crippen MR) is 77.4 cm³/mol. The molecule has 2 rings (SSSR count). The van der Waals surface area contributed by atoms with Crippen molar-refractivity contribution < 1.29 is 14.7 Å². The van der Waals surface area contributed by atoms with Crippen LogP contribution in [0.2, 0.25) is 0 Å². The Morgan fingerprint density at radius 2 is 1.50 bits per heavy atom. The van der Waals surface area contributed by atoms with Crippen LogP contribution in [0.1, 0.15) is 71.1 Å². The number of hydrogen-bond acceptors (Lipinski definition) is 2. The zero-order valence-corrected chi connectivity index (χ0v) is 12.8. The third-order valence-corrected chi connectivity index (χ3v) is 5.50. The third kappa shape index (κ3) is 2.84. The molecule has 0 unspecified atom stereocenters. The lowest BCUT2D eigenvalue weighted by atomic mass is 9.76. The van der Waals surface area contributed by atoms with Gasteiger partial charge in [0.15, 0.2) is 0 Å². The molecular formula is C16H27NO3. The fourth-order valence-corrected chi connectivity index (χ4v) is 4.11. The SMILES string of the molecule is CN(C(=O)C1(C)CCCC1)C1(CC(=O)O)CCCCC1. The van der Waals surface area contributed by atoms with Gasteiger partial charge in [-0.2, -0.15) is 0 Å². The van der Waals surface area contributed by atoms with Crippen molar-refractivity contribution in [2.24, 2.45) is 5.41 Å². The zero-order chi connectivity index (χ0) is 14.8. The minimum atomic E-state index is -0.789. The standard InChI is InChI=1S/C16H27NO3/c1-15(8-6-7-9-15)14(20)17(2)16(12-13(18)19)10-4-3-5-11-16/h3-12H2,1-2H3,(H,18,19). The van der Waals surface area contributed by atoms with Crippen LogP contribution in [-0.4, -0.2) is 34.5 Å². The summed E-state index contributed by atoms with van der Waals surface area (Å²) in [5.74, 6) is -0.624. The van der Waals surface area contributed by atoms with E-state index >= 15 is 0 Å². The van der Waals surface area contributed by atoms with Crippen LogP contribution in [0.15, 0.2) is 0 Å². The Hall–Kier alpha value is -1.06. The number of carbonyl (C=O) groups excluding carboxylic acids is 1. The second-order valence-corrected chi connectivity index (χ2v) is 6.99. The molecule has 2 aliphatic carbocycles. The second kappa shape index (κ2) is 5.74. The highest BCUT2D eigenvalue weighted by molar-refractivity contribution is 5.84.